The van der Waals surface area contributed by atoms with Crippen molar-refractivity contribution in [2.75, 3.05) is 19.5 Å². The summed E-state index contributed by atoms with van der Waals surface area (Å²) in [7, 11) is 3.47. The Morgan fingerprint density at radius 3 is 2.36 bits per heavy atom. The van der Waals surface area contributed by atoms with Gasteiger partial charge in [0.25, 0.3) is 0 Å². The molecule has 1 aromatic rings. The Morgan fingerprint density at radius 2 is 1.93 bits per heavy atom. The van der Waals surface area contributed by atoms with Gasteiger partial charge in [0.1, 0.15) is 11.6 Å². The second kappa shape index (κ2) is 4.26. The van der Waals surface area contributed by atoms with Crippen molar-refractivity contribution < 1.29 is 4.74 Å². The minimum absolute atomic E-state index is 0.302. The fraction of sp³-hybridized carbons (Fsp3) is 0.600. The Kier molecular flexibility index (Phi) is 3.28. The molecule has 1 aromatic heterocycles. The highest BCUT2D eigenvalue weighted by Crippen LogP contribution is 2.23. The third-order valence-electron chi connectivity index (χ3n) is 2.07. The molecule has 0 aliphatic rings. The molecule has 1 heterocycles. The van der Waals surface area contributed by atoms with Crippen LogP contribution in [-0.2, 0) is 0 Å². The first-order chi connectivity index (χ1) is 6.60. The molecule has 0 amide bonds. The lowest BCUT2D eigenvalue weighted by Gasteiger charge is -2.12. The fourth-order valence-electron chi connectivity index (χ4n) is 1.21. The molecule has 0 saturated heterocycles. The number of nitrogens with one attached hydrogen (secondary N) is 1. The SMILES string of the molecule is CNc1nc(C(C)C)nc(OC)c1C. The van der Waals surface area contributed by atoms with Gasteiger partial charge in [-0.25, -0.2) is 4.98 Å². The number of methoxy groups -OCH3 is 1. The maximum Gasteiger partial charge on any atom is 0.221 e. The quantitative estimate of drug-likeness (QED) is 0.801. The lowest BCUT2D eigenvalue weighted by atomic mass is 10.2. The zero-order valence-electron chi connectivity index (χ0n) is 9.38. The summed E-state index contributed by atoms with van der Waals surface area (Å²) in [6.07, 6.45) is 0. The van der Waals surface area contributed by atoms with Gasteiger partial charge in [-0.15, -0.1) is 0 Å². The number of hydrogen-bond donors (Lipinski definition) is 1. The van der Waals surface area contributed by atoms with Crippen molar-refractivity contribution in [2.45, 2.75) is 26.7 Å². The Morgan fingerprint density at radius 1 is 1.29 bits per heavy atom. The lowest BCUT2D eigenvalue weighted by Crippen LogP contribution is -2.06. The van der Waals surface area contributed by atoms with Gasteiger partial charge in [0, 0.05) is 13.0 Å². The maximum atomic E-state index is 5.19. The number of ether oxygens (including phenoxy) is 1. The molecule has 1 N–H and O–H groups in total. The minimum atomic E-state index is 0.302. The molecule has 14 heavy (non-hydrogen) atoms. The number of nitrogens with zero attached hydrogens (tertiary/aromatic N) is 2. The maximum absolute atomic E-state index is 5.19. The van der Waals surface area contributed by atoms with E-state index in [0.29, 0.717) is 11.8 Å². The van der Waals surface area contributed by atoms with Crippen molar-refractivity contribution in [3.05, 3.63) is 11.4 Å². The number of hydrogen-bond acceptors (Lipinski definition) is 4. The zero-order valence-corrected chi connectivity index (χ0v) is 9.38. The molecule has 0 aromatic carbocycles. The van der Waals surface area contributed by atoms with Crippen molar-refractivity contribution in [3.8, 4) is 5.88 Å². The summed E-state index contributed by atoms with van der Waals surface area (Å²) < 4.78 is 5.19. The summed E-state index contributed by atoms with van der Waals surface area (Å²) in [5.41, 5.74) is 0.944. The summed E-state index contributed by atoms with van der Waals surface area (Å²) >= 11 is 0. The van der Waals surface area contributed by atoms with Crippen LogP contribution >= 0.6 is 0 Å². The van der Waals surface area contributed by atoms with Crippen LogP contribution < -0.4 is 10.1 Å². The first-order valence-corrected chi connectivity index (χ1v) is 4.70. The predicted molar refractivity (Wildman–Crippen MR) is 57.0 cm³/mol. The average Bonchev–Trinajstić information content (AvgIpc) is 2.17. The smallest absolute Gasteiger partial charge is 0.221 e. The van der Waals surface area contributed by atoms with Gasteiger partial charge in [0.15, 0.2) is 0 Å². The summed E-state index contributed by atoms with van der Waals surface area (Å²) in [6.45, 7) is 6.06. The second-order valence-electron chi connectivity index (χ2n) is 3.47. The summed E-state index contributed by atoms with van der Waals surface area (Å²) in [4.78, 5) is 8.72. The van der Waals surface area contributed by atoms with Crippen LogP contribution in [0.1, 0.15) is 31.2 Å². The highest BCUT2D eigenvalue weighted by molar-refractivity contribution is 5.48. The Balaban J connectivity index is 3.25. The van der Waals surface area contributed by atoms with Gasteiger partial charge in [-0.1, -0.05) is 13.8 Å². The van der Waals surface area contributed by atoms with Gasteiger partial charge >= 0.3 is 0 Å². The van der Waals surface area contributed by atoms with Gasteiger partial charge in [-0.05, 0) is 6.92 Å². The molecule has 4 nitrogen and oxygen atoms in total. The molecule has 0 saturated carbocycles. The van der Waals surface area contributed by atoms with E-state index < -0.39 is 0 Å². The molecular formula is C10H17N3O. The second-order valence-corrected chi connectivity index (χ2v) is 3.47. The molecule has 0 bridgehead atoms. The first kappa shape index (κ1) is 10.8. The van der Waals surface area contributed by atoms with Gasteiger partial charge in [-0.3, -0.25) is 0 Å². The van der Waals surface area contributed by atoms with Crippen LogP contribution in [0.15, 0.2) is 0 Å². The van der Waals surface area contributed by atoms with Crippen molar-refractivity contribution >= 4 is 5.82 Å². The largest absolute Gasteiger partial charge is 0.481 e. The molecule has 4 heteroatoms. The summed E-state index contributed by atoms with van der Waals surface area (Å²) in [5.74, 6) is 2.59. The molecular weight excluding hydrogens is 178 g/mol. The first-order valence-electron chi connectivity index (χ1n) is 4.70. The molecule has 0 spiro atoms. The van der Waals surface area contributed by atoms with E-state index >= 15 is 0 Å². The summed E-state index contributed by atoms with van der Waals surface area (Å²) in [5, 5.41) is 3.03. The van der Waals surface area contributed by atoms with Crippen molar-refractivity contribution in [1.29, 1.82) is 0 Å². The summed E-state index contributed by atoms with van der Waals surface area (Å²) in [6, 6.07) is 0. The van der Waals surface area contributed by atoms with Crippen LogP contribution in [-0.4, -0.2) is 24.1 Å². The topological polar surface area (TPSA) is 47.0 Å². The molecule has 78 valence electrons. The van der Waals surface area contributed by atoms with Crippen molar-refractivity contribution in [3.63, 3.8) is 0 Å². The van der Waals surface area contributed by atoms with Crippen LogP contribution in [0.2, 0.25) is 0 Å². The standard InChI is InChI=1S/C10H17N3O/c1-6(2)8-12-9(11-4)7(3)10(13-8)14-5/h6H,1-5H3,(H,11,12,13). The third kappa shape index (κ3) is 1.95. The van der Waals surface area contributed by atoms with Gasteiger partial charge in [0.05, 0.1) is 12.7 Å². The van der Waals surface area contributed by atoms with Crippen LogP contribution in [0.3, 0.4) is 0 Å². The van der Waals surface area contributed by atoms with E-state index in [-0.39, 0.29) is 0 Å². The van der Waals surface area contributed by atoms with Crippen molar-refractivity contribution in [2.24, 2.45) is 0 Å². The van der Waals surface area contributed by atoms with Crippen LogP contribution in [0.25, 0.3) is 0 Å². The van der Waals surface area contributed by atoms with E-state index in [1.165, 1.54) is 0 Å². The molecule has 0 fully saturated rings. The van der Waals surface area contributed by atoms with E-state index in [0.717, 1.165) is 17.2 Å². The van der Waals surface area contributed by atoms with Crippen LogP contribution in [0.5, 0.6) is 5.88 Å². The molecule has 0 aliphatic carbocycles. The molecule has 0 atom stereocenters. The highest BCUT2D eigenvalue weighted by Gasteiger charge is 2.11. The molecule has 1 rings (SSSR count). The lowest BCUT2D eigenvalue weighted by molar-refractivity contribution is 0.390. The zero-order chi connectivity index (χ0) is 10.7. The van der Waals surface area contributed by atoms with E-state index in [1.54, 1.807) is 7.11 Å². The molecule has 0 aliphatic heterocycles. The van der Waals surface area contributed by atoms with Gasteiger partial charge < -0.3 is 10.1 Å². The Hall–Kier alpha value is -1.32. The minimum Gasteiger partial charge on any atom is -0.481 e. The van der Waals surface area contributed by atoms with Crippen molar-refractivity contribution in [1.82, 2.24) is 9.97 Å². The Labute approximate surface area is 84.7 Å². The average molecular weight is 195 g/mol. The Bertz CT molecular complexity index is 298. The molecule has 0 unspecified atom stereocenters. The number of rotatable bonds is 3. The van der Waals surface area contributed by atoms with Crippen LogP contribution in [0, 0.1) is 6.92 Å². The normalized spacial score (nSPS) is 10.4. The van der Waals surface area contributed by atoms with E-state index in [1.807, 2.05) is 14.0 Å². The number of aromatic nitrogens is 2. The predicted octanol–water partition coefficient (Wildman–Crippen LogP) is 1.96. The fourth-order valence-corrected chi connectivity index (χ4v) is 1.21. The van der Waals surface area contributed by atoms with Gasteiger partial charge in [0.2, 0.25) is 5.88 Å². The number of anilines is 1. The highest BCUT2D eigenvalue weighted by atomic mass is 16.5. The van der Waals surface area contributed by atoms with E-state index in [9.17, 15) is 0 Å². The van der Waals surface area contributed by atoms with Gasteiger partial charge in [-0.2, -0.15) is 4.98 Å². The van der Waals surface area contributed by atoms with E-state index in [2.05, 4.69) is 29.1 Å². The van der Waals surface area contributed by atoms with E-state index in [4.69, 9.17) is 4.74 Å². The van der Waals surface area contributed by atoms with Crippen LogP contribution in [0.4, 0.5) is 5.82 Å². The third-order valence-corrected chi connectivity index (χ3v) is 2.07. The molecule has 0 radical (unpaired) electrons. The monoisotopic (exact) mass is 195 g/mol.